The first-order chi connectivity index (χ1) is 13.2. The van der Waals surface area contributed by atoms with E-state index in [2.05, 4.69) is 51.0 Å². The molecule has 0 radical (unpaired) electrons. The van der Waals surface area contributed by atoms with E-state index in [0.29, 0.717) is 12.4 Å². The summed E-state index contributed by atoms with van der Waals surface area (Å²) in [6, 6.07) is 16.0. The van der Waals surface area contributed by atoms with E-state index in [0.717, 1.165) is 24.9 Å². The van der Waals surface area contributed by atoms with E-state index in [9.17, 15) is 4.79 Å². The fraction of sp³-hybridized carbons (Fsp3) is 0.300. The maximum Gasteiger partial charge on any atom is 0.244 e. The fourth-order valence-electron chi connectivity index (χ4n) is 3.65. The summed E-state index contributed by atoms with van der Waals surface area (Å²) in [4.78, 5) is 14.6. The first-order valence-electron chi connectivity index (χ1n) is 9.16. The summed E-state index contributed by atoms with van der Waals surface area (Å²) in [5.74, 6) is 0.352. The highest BCUT2D eigenvalue weighted by atomic mass is 35.5. The molecule has 1 atom stereocenters. The predicted molar refractivity (Wildman–Crippen MR) is 109 cm³/mol. The summed E-state index contributed by atoms with van der Waals surface area (Å²) < 4.78 is 0. The number of benzene rings is 2. The molecule has 2 aromatic carbocycles. The zero-order chi connectivity index (χ0) is 18.6. The molecule has 1 aliphatic heterocycles. The minimum Gasteiger partial charge on any atom is -0.320 e. The molecule has 4 rings (SSSR count). The number of anilines is 1. The van der Waals surface area contributed by atoms with Crippen LogP contribution in [-0.4, -0.2) is 39.1 Å². The third-order valence-electron chi connectivity index (χ3n) is 5.03. The van der Waals surface area contributed by atoms with E-state index in [1.54, 1.807) is 4.90 Å². The lowest BCUT2D eigenvalue weighted by Gasteiger charge is -2.21. The number of carbonyl (C=O) groups is 1. The minimum absolute atomic E-state index is 0. The van der Waals surface area contributed by atoms with E-state index >= 15 is 0 Å². The minimum atomic E-state index is -0.679. The largest absolute Gasteiger partial charge is 0.320 e. The van der Waals surface area contributed by atoms with Crippen molar-refractivity contribution in [2.45, 2.75) is 31.7 Å². The van der Waals surface area contributed by atoms with Gasteiger partial charge in [0, 0.05) is 18.7 Å². The Morgan fingerprint density at radius 2 is 1.96 bits per heavy atom. The van der Waals surface area contributed by atoms with Gasteiger partial charge >= 0.3 is 0 Å². The van der Waals surface area contributed by atoms with Gasteiger partial charge in [-0.1, -0.05) is 47.7 Å². The van der Waals surface area contributed by atoms with Crippen LogP contribution >= 0.6 is 12.4 Å². The Bertz CT molecular complexity index is 916. The van der Waals surface area contributed by atoms with Crippen molar-refractivity contribution in [1.82, 2.24) is 20.6 Å². The van der Waals surface area contributed by atoms with Crippen LogP contribution < -0.4 is 10.6 Å². The molecule has 0 spiro atoms. The van der Waals surface area contributed by atoms with Crippen molar-refractivity contribution >= 4 is 24.0 Å². The van der Waals surface area contributed by atoms with Gasteiger partial charge in [-0.3, -0.25) is 4.79 Å². The maximum absolute atomic E-state index is 12.8. The number of aromatic amines is 1. The molecule has 28 heavy (non-hydrogen) atoms. The van der Waals surface area contributed by atoms with Crippen molar-refractivity contribution in [3.63, 3.8) is 0 Å². The quantitative estimate of drug-likeness (QED) is 0.660. The number of aromatic nitrogens is 4. The number of nitrogens with zero attached hydrogens (tertiary/aromatic N) is 4. The average Bonchev–Trinajstić information content (AvgIpc) is 3.36. The lowest BCUT2D eigenvalue weighted by atomic mass is 9.98. The Kier molecular flexibility index (Phi) is 6.38. The van der Waals surface area contributed by atoms with Gasteiger partial charge in [0.25, 0.3) is 0 Å². The number of tetrazole rings is 1. The zero-order valence-electron chi connectivity index (χ0n) is 15.4. The van der Waals surface area contributed by atoms with Crippen molar-refractivity contribution in [3.8, 4) is 0 Å². The molecule has 2 heterocycles. The zero-order valence-corrected chi connectivity index (χ0v) is 16.2. The average molecular weight is 399 g/mol. The highest BCUT2D eigenvalue weighted by Gasteiger charge is 2.30. The number of nitrogens with two attached hydrogens (primary N) is 1. The summed E-state index contributed by atoms with van der Waals surface area (Å²) in [7, 11) is 0. The molecule has 8 heteroatoms. The van der Waals surface area contributed by atoms with Crippen LogP contribution in [0.4, 0.5) is 5.69 Å². The van der Waals surface area contributed by atoms with Crippen molar-refractivity contribution in [3.05, 3.63) is 71.0 Å². The second-order valence-electron chi connectivity index (χ2n) is 6.78. The van der Waals surface area contributed by atoms with Crippen molar-refractivity contribution in [2.75, 3.05) is 11.4 Å². The van der Waals surface area contributed by atoms with E-state index in [4.69, 9.17) is 5.73 Å². The number of H-pyrrole nitrogens is 1. The highest BCUT2D eigenvalue weighted by molar-refractivity contribution is 5.99. The molecular formula is C20H23ClN6O. The number of hydrogen-bond donors (Lipinski definition) is 2. The second kappa shape index (κ2) is 8.95. The predicted octanol–water partition coefficient (Wildman–Crippen LogP) is 1.87. The number of aryl methyl sites for hydroxylation is 2. The lowest BCUT2D eigenvalue weighted by molar-refractivity contribution is -0.119. The number of amides is 1. The van der Waals surface area contributed by atoms with Crippen LogP contribution in [0.5, 0.6) is 0 Å². The number of fused-ring (bicyclic) bond motifs is 1. The smallest absolute Gasteiger partial charge is 0.244 e. The van der Waals surface area contributed by atoms with Gasteiger partial charge in [-0.05, 0) is 42.0 Å². The molecule has 1 aliphatic rings. The van der Waals surface area contributed by atoms with E-state index < -0.39 is 6.04 Å². The molecule has 0 aliphatic carbocycles. The van der Waals surface area contributed by atoms with Crippen LogP contribution in [0.25, 0.3) is 0 Å². The number of carbonyl (C=O) groups excluding carboxylic acids is 1. The molecule has 1 amide bonds. The summed E-state index contributed by atoms with van der Waals surface area (Å²) >= 11 is 0. The number of nitrogens with one attached hydrogen (secondary N) is 1. The third kappa shape index (κ3) is 4.21. The van der Waals surface area contributed by atoms with Crippen LogP contribution in [0.15, 0.2) is 48.5 Å². The molecule has 0 unspecified atom stereocenters. The van der Waals surface area contributed by atoms with Gasteiger partial charge in [-0.2, -0.15) is 5.21 Å². The van der Waals surface area contributed by atoms with Gasteiger partial charge in [0.2, 0.25) is 5.91 Å². The Labute approximate surface area is 169 Å². The number of halogens is 1. The molecule has 1 aromatic heterocycles. The van der Waals surface area contributed by atoms with Gasteiger partial charge in [-0.15, -0.1) is 22.6 Å². The van der Waals surface area contributed by atoms with Crippen LogP contribution in [0.2, 0.25) is 0 Å². The van der Waals surface area contributed by atoms with Gasteiger partial charge in [0.05, 0.1) is 6.04 Å². The Morgan fingerprint density at radius 3 is 2.71 bits per heavy atom. The lowest BCUT2D eigenvalue weighted by Crippen LogP contribution is -2.44. The van der Waals surface area contributed by atoms with E-state index in [1.807, 2.05) is 18.2 Å². The molecule has 0 saturated heterocycles. The van der Waals surface area contributed by atoms with Crippen LogP contribution in [0.1, 0.15) is 22.5 Å². The van der Waals surface area contributed by atoms with Gasteiger partial charge < -0.3 is 10.6 Å². The second-order valence-corrected chi connectivity index (χ2v) is 6.78. The van der Waals surface area contributed by atoms with E-state index in [1.165, 1.54) is 16.7 Å². The van der Waals surface area contributed by atoms with Crippen molar-refractivity contribution in [1.29, 1.82) is 0 Å². The molecule has 0 saturated carbocycles. The van der Waals surface area contributed by atoms with E-state index in [-0.39, 0.29) is 24.7 Å². The normalized spacial score (nSPS) is 13.7. The Balaban J connectivity index is 0.00000225. The first-order valence-corrected chi connectivity index (χ1v) is 9.16. The van der Waals surface area contributed by atoms with Crippen LogP contribution in [-0.2, 0) is 30.5 Å². The summed E-state index contributed by atoms with van der Waals surface area (Å²) in [6.07, 6.45) is 3.09. The monoisotopic (exact) mass is 398 g/mol. The standard InChI is InChI=1S/C20H22N6O.ClH/c21-17(13-19-22-24-25-23-19)20(27)26-12-11-16-15(7-4-8-18(16)26)10-9-14-5-2-1-3-6-14;/h1-8,17H,9-13,21H2,(H,22,23,24,25);1H/t17-;/m1./s1. The van der Waals surface area contributed by atoms with Crippen LogP contribution in [0.3, 0.4) is 0 Å². The molecule has 3 aromatic rings. The molecule has 0 bridgehead atoms. The SMILES string of the molecule is Cl.N[C@H](Cc1nn[nH]n1)C(=O)N1CCc2c(CCc3ccccc3)cccc21. The molecule has 146 valence electrons. The van der Waals surface area contributed by atoms with Crippen molar-refractivity contribution in [2.24, 2.45) is 5.73 Å². The summed E-state index contributed by atoms with van der Waals surface area (Å²) in [5, 5.41) is 13.6. The molecule has 3 N–H and O–H groups in total. The van der Waals surface area contributed by atoms with Gasteiger partial charge in [-0.25, -0.2) is 0 Å². The highest BCUT2D eigenvalue weighted by Crippen LogP contribution is 2.32. The topological polar surface area (TPSA) is 101 Å². The Morgan fingerprint density at radius 1 is 1.14 bits per heavy atom. The van der Waals surface area contributed by atoms with Gasteiger partial charge in [0.15, 0.2) is 5.82 Å². The fourth-order valence-corrected chi connectivity index (χ4v) is 3.65. The number of rotatable bonds is 6. The maximum atomic E-state index is 12.8. The molecule has 0 fully saturated rings. The molecule has 7 nitrogen and oxygen atoms in total. The number of hydrogen-bond acceptors (Lipinski definition) is 5. The first kappa shape index (κ1) is 20.0. The summed E-state index contributed by atoms with van der Waals surface area (Å²) in [6.45, 7) is 0.663. The molecular weight excluding hydrogens is 376 g/mol. The Hall–Kier alpha value is -2.77. The van der Waals surface area contributed by atoms with Crippen LogP contribution in [0, 0.1) is 0 Å². The summed E-state index contributed by atoms with van der Waals surface area (Å²) in [5.41, 5.74) is 11.0. The van der Waals surface area contributed by atoms with Crippen molar-refractivity contribution < 1.29 is 4.79 Å². The third-order valence-corrected chi connectivity index (χ3v) is 5.03. The van der Waals surface area contributed by atoms with Gasteiger partial charge in [0.1, 0.15) is 0 Å².